The molecule has 15 rings (SSSR count). The van der Waals surface area contributed by atoms with Crippen molar-refractivity contribution in [2.45, 2.75) is 154 Å². The maximum Gasteiger partial charge on any atom is 0.101 e. The van der Waals surface area contributed by atoms with E-state index in [9.17, 15) is 0 Å². The lowest BCUT2D eigenvalue weighted by molar-refractivity contribution is 0.522. The molecule has 4 aromatic heterocycles. The lowest BCUT2D eigenvalue weighted by Crippen LogP contribution is -2.50. The molecule has 4 heteroatoms. The lowest BCUT2D eigenvalue weighted by atomic mass is 9.48. The molecule has 0 amide bonds. The van der Waals surface area contributed by atoms with Gasteiger partial charge in [0.15, 0.2) is 0 Å². The molecule has 0 fully saturated rings. The van der Waals surface area contributed by atoms with Crippen molar-refractivity contribution in [3.63, 3.8) is 0 Å². The van der Waals surface area contributed by atoms with Crippen LogP contribution in [0.15, 0.2) is 182 Å². The molecule has 2 nitrogen and oxygen atoms in total. The molecule has 4 heterocycles. The van der Waals surface area contributed by atoms with E-state index in [0.29, 0.717) is 0 Å². The first-order valence-electron chi connectivity index (χ1n) is 30.6. The summed E-state index contributed by atoms with van der Waals surface area (Å²) < 4.78 is 5.30. The van der Waals surface area contributed by atoms with Gasteiger partial charge in [0.25, 0.3) is 0 Å². The van der Waals surface area contributed by atoms with Gasteiger partial charge >= 0.3 is 0 Å². The molecule has 3 aliphatic carbocycles. The van der Waals surface area contributed by atoms with E-state index in [0.717, 1.165) is 0 Å². The fourth-order valence-corrected chi connectivity index (χ4v) is 18.8. The summed E-state index contributed by atoms with van der Waals surface area (Å²) in [4.78, 5) is 2.79. The Morgan fingerprint density at radius 3 is 0.726 bits per heavy atom. The quantitative estimate of drug-likeness (QED) is 0.163. The summed E-state index contributed by atoms with van der Waals surface area (Å²) in [5.74, 6) is 0. The Labute approximate surface area is 505 Å². The predicted molar refractivity (Wildman–Crippen MR) is 360 cm³/mol. The fraction of sp³-hybridized carbons (Fsp3) is 0.300. The van der Waals surface area contributed by atoms with Crippen LogP contribution in [-0.2, 0) is 43.3 Å². The van der Waals surface area contributed by atoms with Gasteiger partial charge in [0.05, 0.1) is 32.9 Å². The Bertz CT molecular complexity index is 4180. The van der Waals surface area contributed by atoms with Gasteiger partial charge in [-0.15, -0.1) is 22.7 Å². The van der Waals surface area contributed by atoms with Crippen molar-refractivity contribution < 1.29 is 0 Å². The van der Waals surface area contributed by atoms with Gasteiger partial charge in [0.2, 0.25) is 0 Å². The predicted octanol–water partition coefficient (Wildman–Crippen LogP) is 21.6. The zero-order valence-electron chi connectivity index (χ0n) is 52.0. The summed E-state index contributed by atoms with van der Waals surface area (Å²) >= 11 is 4.07. The second-order valence-corrected chi connectivity index (χ2v) is 32.2. The summed E-state index contributed by atoms with van der Waals surface area (Å²) in [5, 5.41) is 7.72. The molecule has 0 saturated carbocycles. The van der Waals surface area contributed by atoms with Crippen LogP contribution in [0.1, 0.15) is 198 Å². The molecule has 0 N–H and O–H groups in total. The topological polar surface area (TPSA) is 9.86 Å². The molecule has 0 aliphatic heterocycles. The highest BCUT2D eigenvalue weighted by Crippen LogP contribution is 2.70. The molecular weight excluding hydrogens is 1050 g/mol. The molecule has 2 spiro atoms. The summed E-state index contributed by atoms with van der Waals surface area (Å²) in [6.45, 7) is 38.0. The third-order valence-electron chi connectivity index (χ3n) is 20.4. The van der Waals surface area contributed by atoms with E-state index in [2.05, 4.69) is 302 Å². The van der Waals surface area contributed by atoms with E-state index in [1.807, 2.05) is 22.7 Å². The van der Waals surface area contributed by atoms with Crippen molar-refractivity contribution in [1.29, 1.82) is 0 Å². The third-order valence-corrected chi connectivity index (χ3v) is 22.9. The SMILES string of the molecule is CC(C)(C)c1ccc2c(c1)c1cc(C(C)(C)C)ccc1n2-c1cc2c(s1)C1(c3ccccc3C(C)(C)c3ccccc31)c1cc(-n3c4ccc(C(C)(C)C)cc4c4cc(C(C)(C)C)ccc43)sc1C21c2ccccc2C(C)(C)c2ccccc21. The van der Waals surface area contributed by atoms with Crippen LogP contribution in [0.5, 0.6) is 0 Å². The van der Waals surface area contributed by atoms with Crippen LogP contribution in [-0.4, -0.2) is 9.13 Å². The van der Waals surface area contributed by atoms with Crippen LogP contribution in [0.2, 0.25) is 0 Å². The number of aromatic nitrogens is 2. The Morgan fingerprint density at radius 2 is 0.500 bits per heavy atom. The van der Waals surface area contributed by atoms with Crippen molar-refractivity contribution in [2.24, 2.45) is 0 Å². The third kappa shape index (κ3) is 7.02. The maximum absolute atomic E-state index is 2.69. The molecule has 0 unspecified atom stereocenters. The van der Waals surface area contributed by atoms with Crippen molar-refractivity contribution in [3.05, 3.63) is 270 Å². The molecule has 0 saturated heterocycles. The first-order valence-corrected chi connectivity index (χ1v) is 32.2. The molecule has 0 atom stereocenters. The van der Waals surface area contributed by atoms with Crippen molar-refractivity contribution in [1.82, 2.24) is 9.13 Å². The van der Waals surface area contributed by atoms with Crippen LogP contribution in [0.25, 0.3) is 53.6 Å². The number of hydrogen-bond acceptors (Lipinski definition) is 2. The van der Waals surface area contributed by atoms with E-state index < -0.39 is 10.8 Å². The Balaban J connectivity index is 1.15. The molecule has 0 radical (unpaired) electrons. The molecular formula is C80H78N2S2. The minimum atomic E-state index is -0.706. The van der Waals surface area contributed by atoms with Gasteiger partial charge in [-0.05, 0) is 160 Å². The number of nitrogens with zero attached hydrogens (tertiary/aromatic N) is 2. The summed E-state index contributed by atoms with van der Waals surface area (Å²) in [7, 11) is 0. The van der Waals surface area contributed by atoms with Crippen molar-refractivity contribution in [2.75, 3.05) is 0 Å². The largest absolute Gasteiger partial charge is 0.301 e. The van der Waals surface area contributed by atoms with E-state index in [-0.39, 0.29) is 32.5 Å². The first-order chi connectivity index (χ1) is 39.7. The monoisotopic (exact) mass is 1130 g/mol. The van der Waals surface area contributed by atoms with Gasteiger partial charge in [-0.3, -0.25) is 0 Å². The summed E-state index contributed by atoms with van der Waals surface area (Å²) in [5.41, 5.74) is 22.1. The van der Waals surface area contributed by atoms with Gasteiger partial charge in [0, 0.05) is 42.1 Å². The highest BCUT2D eigenvalue weighted by molar-refractivity contribution is 7.16. The average Bonchev–Trinajstić information content (AvgIpc) is 1.23. The fourth-order valence-electron chi connectivity index (χ4n) is 15.8. The van der Waals surface area contributed by atoms with E-state index in [1.165, 1.54) is 141 Å². The normalized spacial score (nSPS) is 16.5. The number of hydrogen-bond donors (Lipinski definition) is 0. The van der Waals surface area contributed by atoms with Gasteiger partial charge in [-0.1, -0.05) is 232 Å². The second kappa shape index (κ2) is 17.2. The van der Waals surface area contributed by atoms with Crippen LogP contribution >= 0.6 is 22.7 Å². The van der Waals surface area contributed by atoms with Crippen molar-refractivity contribution in [3.8, 4) is 10.0 Å². The Kier molecular flexibility index (Phi) is 11.0. The minimum Gasteiger partial charge on any atom is -0.301 e. The highest BCUT2D eigenvalue weighted by Gasteiger charge is 2.62. The summed E-state index contributed by atoms with van der Waals surface area (Å²) in [6, 6.07) is 73.0. The van der Waals surface area contributed by atoms with Crippen LogP contribution < -0.4 is 0 Å². The van der Waals surface area contributed by atoms with Gasteiger partial charge < -0.3 is 9.13 Å². The smallest absolute Gasteiger partial charge is 0.101 e. The number of benzene rings is 8. The lowest BCUT2D eigenvalue weighted by Gasteiger charge is -2.55. The van der Waals surface area contributed by atoms with Gasteiger partial charge in [0.1, 0.15) is 10.0 Å². The molecule has 420 valence electrons. The van der Waals surface area contributed by atoms with Gasteiger partial charge in [-0.2, -0.15) is 0 Å². The zero-order chi connectivity index (χ0) is 58.8. The Hall–Kier alpha value is -7.24. The van der Waals surface area contributed by atoms with Crippen LogP contribution in [0.3, 0.4) is 0 Å². The van der Waals surface area contributed by atoms with E-state index in [1.54, 1.807) is 0 Å². The summed E-state index contributed by atoms with van der Waals surface area (Å²) in [6.07, 6.45) is 0. The highest BCUT2D eigenvalue weighted by atomic mass is 32.1. The van der Waals surface area contributed by atoms with Gasteiger partial charge in [-0.25, -0.2) is 0 Å². The first kappa shape index (κ1) is 53.5. The van der Waals surface area contributed by atoms with Crippen molar-refractivity contribution >= 4 is 66.3 Å². The van der Waals surface area contributed by atoms with Crippen LogP contribution in [0, 0.1) is 0 Å². The zero-order valence-corrected chi connectivity index (χ0v) is 53.7. The molecule has 12 aromatic rings. The standard InChI is InChI=1S/C80H78N2S2/c1-73(2,3)47-33-37-65-51(41-47)52-42-48(74(4,5)6)34-38-66(52)81(65)69-45-63-71(83-69)80(61-31-23-19-27-57(61)78(15,16)58-28-20-24-32-62(58)80)64-46-70(84-72(64)79(63)59-29-21-17-25-55(59)77(13,14)56-26-18-22-30-60(56)79)82-67-39-35-49(75(7,8)9)43-53(67)54-44-50(76(10,11)12)36-40-68(54)82/h17-46H,1-16H3. The molecule has 8 aromatic carbocycles. The van der Waals surface area contributed by atoms with E-state index >= 15 is 0 Å². The maximum atomic E-state index is 2.69. The van der Waals surface area contributed by atoms with Crippen LogP contribution in [0.4, 0.5) is 0 Å². The second-order valence-electron chi connectivity index (χ2n) is 30.2. The van der Waals surface area contributed by atoms with E-state index in [4.69, 9.17) is 0 Å². The molecule has 0 bridgehead atoms. The number of rotatable bonds is 2. The number of fused-ring (bicyclic) bond motifs is 20. The Morgan fingerprint density at radius 1 is 0.274 bits per heavy atom. The average molecular weight is 1130 g/mol. The number of thiophene rings is 2. The minimum absolute atomic E-state index is 0.0175. The molecule has 3 aliphatic rings. The molecule has 84 heavy (non-hydrogen) atoms.